The van der Waals surface area contributed by atoms with Crippen molar-refractivity contribution in [3.63, 3.8) is 0 Å². The predicted molar refractivity (Wildman–Crippen MR) is 67.4 cm³/mol. The van der Waals surface area contributed by atoms with Gasteiger partial charge in [-0.25, -0.2) is 0 Å². The van der Waals surface area contributed by atoms with Crippen LogP contribution in [0.3, 0.4) is 0 Å². The SMILES string of the molecule is CCn1ncc(Br)c1C(=O)C(N)CC(C)C. The second-order valence-corrected chi connectivity index (χ2v) is 5.11. The molecule has 0 aliphatic carbocycles. The second kappa shape index (κ2) is 5.59. The Hall–Kier alpha value is -0.680. The van der Waals surface area contributed by atoms with Gasteiger partial charge in [0.2, 0.25) is 0 Å². The Balaban J connectivity index is 2.91. The Labute approximate surface area is 104 Å². The molecule has 0 amide bonds. The molecule has 1 aromatic rings. The zero-order valence-corrected chi connectivity index (χ0v) is 11.5. The minimum Gasteiger partial charge on any atom is -0.321 e. The lowest BCUT2D eigenvalue weighted by molar-refractivity contribution is 0.0939. The zero-order chi connectivity index (χ0) is 12.3. The Bertz CT molecular complexity index is 373. The Kier molecular flexibility index (Phi) is 4.68. The van der Waals surface area contributed by atoms with Gasteiger partial charge in [0.05, 0.1) is 16.7 Å². The molecule has 1 rings (SSSR count). The number of hydrogen-bond acceptors (Lipinski definition) is 3. The third-order valence-corrected chi connectivity index (χ3v) is 2.97. The van der Waals surface area contributed by atoms with Crippen molar-refractivity contribution in [2.24, 2.45) is 11.7 Å². The summed E-state index contributed by atoms with van der Waals surface area (Å²) in [4.78, 5) is 12.1. The van der Waals surface area contributed by atoms with E-state index in [9.17, 15) is 4.79 Å². The largest absolute Gasteiger partial charge is 0.321 e. The van der Waals surface area contributed by atoms with Crippen molar-refractivity contribution >= 4 is 21.7 Å². The molecule has 0 aliphatic heterocycles. The lowest BCUT2D eigenvalue weighted by Gasteiger charge is -2.13. The summed E-state index contributed by atoms with van der Waals surface area (Å²) < 4.78 is 2.39. The van der Waals surface area contributed by atoms with E-state index in [1.165, 1.54) is 0 Å². The first-order valence-corrected chi connectivity index (χ1v) is 6.27. The molecule has 2 N–H and O–H groups in total. The molecule has 1 atom stereocenters. The molecule has 0 radical (unpaired) electrons. The number of nitrogens with two attached hydrogens (primary N) is 1. The Morgan fingerprint density at radius 1 is 1.62 bits per heavy atom. The van der Waals surface area contributed by atoms with E-state index in [2.05, 4.69) is 34.9 Å². The number of hydrogen-bond donors (Lipinski definition) is 1. The molecule has 0 saturated heterocycles. The summed E-state index contributed by atoms with van der Waals surface area (Å²) in [7, 11) is 0. The summed E-state index contributed by atoms with van der Waals surface area (Å²) in [5.74, 6) is 0.371. The van der Waals surface area contributed by atoms with Crippen LogP contribution in [0.5, 0.6) is 0 Å². The van der Waals surface area contributed by atoms with Crippen LogP contribution in [0.15, 0.2) is 10.7 Å². The van der Waals surface area contributed by atoms with Gasteiger partial charge in [-0.3, -0.25) is 9.48 Å². The van der Waals surface area contributed by atoms with Crippen LogP contribution in [0.1, 0.15) is 37.7 Å². The van der Waals surface area contributed by atoms with Gasteiger partial charge in [0.15, 0.2) is 5.78 Å². The number of aryl methyl sites for hydroxylation is 1. The highest BCUT2D eigenvalue weighted by Crippen LogP contribution is 2.19. The summed E-state index contributed by atoms with van der Waals surface area (Å²) in [6.45, 7) is 6.73. The van der Waals surface area contributed by atoms with Crippen molar-refractivity contribution in [3.05, 3.63) is 16.4 Å². The smallest absolute Gasteiger partial charge is 0.198 e. The van der Waals surface area contributed by atoms with Crippen LogP contribution < -0.4 is 5.73 Å². The van der Waals surface area contributed by atoms with Gasteiger partial charge in [0.25, 0.3) is 0 Å². The fourth-order valence-electron chi connectivity index (χ4n) is 1.64. The highest BCUT2D eigenvalue weighted by molar-refractivity contribution is 9.10. The molecule has 1 aromatic heterocycles. The van der Waals surface area contributed by atoms with E-state index in [-0.39, 0.29) is 5.78 Å². The van der Waals surface area contributed by atoms with Gasteiger partial charge in [-0.1, -0.05) is 13.8 Å². The number of carbonyl (C=O) groups excluding carboxylic acids is 1. The first kappa shape index (κ1) is 13.4. The number of Topliss-reactive ketones (excluding diaryl/α,β-unsaturated/α-hetero) is 1. The predicted octanol–water partition coefficient (Wildman–Crippen LogP) is 2.22. The average molecular weight is 288 g/mol. The Morgan fingerprint density at radius 2 is 2.25 bits per heavy atom. The quantitative estimate of drug-likeness (QED) is 0.845. The van der Waals surface area contributed by atoms with E-state index in [4.69, 9.17) is 5.73 Å². The zero-order valence-electron chi connectivity index (χ0n) is 9.90. The van der Waals surface area contributed by atoms with Gasteiger partial charge in [0, 0.05) is 6.54 Å². The molecule has 0 saturated carbocycles. The molecule has 1 unspecified atom stereocenters. The van der Waals surface area contributed by atoms with Crippen molar-refractivity contribution in [1.29, 1.82) is 0 Å². The van der Waals surface area contributed by atoms with Gasteiger partial charge < -0.3 is 5.73 Å². The molecule has 90 valence electrons. The minimum absolute atomic E-state index is 0.0417. The van der Waals surface area contributed by atoms with Gasteiger partial charge in [-0.15, -0.1) is 0 Å². The first-order chi connectivity index (χ1) is 7.47. The van der Waals surface area contributed by atoms with E-state index in [1.807, 2.05) is 6.92 Å². The average Bonchev–Trinajstić information content (AvgIpc) is 2.57. The fourth-order valence-corrected chi connectivity index (χ4v) is 2.13. The van der Waals surface area contributed by atoms with Gasteiger partial charge in [-0.05, 0) is 35.2 Å². The molecule has 0 spiro atoms. The van der Waals surface area contributed by atoms with E-state index < -0.39 is 6.04 Å². The highest BCUT2D eigenvalue weighted by Gasteiger charge is 2.23. The molecule has 0 aliphatic rings. The van der Waals surface area contributed by atoms with Crippen LogP contribution in [0.4, 0.5) is 0 Å². The summed E-state index contributed by atoms with van der Waals surface area (Å²) in [5, 5.41) is 4.11. The van der Waals surface area contributed by atoms with E-state index in [0.717, 1.165) is 4.47 Å². The van der Waals surface area contributed by atoms with Crippen molar-refractivity contribution in [2.45, 2.75) is 39.8 Å². The molecular formula is C11H18BrN3O. The summed E-state index contributed by atoms with van der Waals surface area (Å²) in [6.07, 6.45) is 2.33. The lowest BCUT2D eigenvalue weighted by atomic mass is 9.99. The minimum atomic E-state index is -0.446. The normalized spacial score (nSPS) is 13.1. The first-order valence-electron chi connectivity index (χ1n) is 5.48. The number of nitrogens with zero attached hydrogens (tertiary/aromatic N) is 2. The topological polar surface area (TPSA) is 60.9 Å². The molecule has 0 aromatic carbocycles. The van der Waals surface area contributed by atoms with Gasteiger partial charge in [0.1, 0.15) is 5.69 Å². The number of rotatable bonds is 5. The standard InChI is InChI=1S/C11H18BrN3O/c1-4-15-10(8(12)6-14-15)11(16)9(13)5-7(2)3/h6-7,9H,4-5,13H2,1-3H3. The molecule has 5 heteroatoms. The number of carbonyl (C=O) groups is 1. The van der Waals surface area contributed by atoms with Crippen LogP contribution in [0, 0.1) is 5.92 Å². The summed E-state index contributed by atoms with van der Waals surface area (Å²) in [6, 6.07) is -0.446. The van der Waals surface area contributed by atoms with Crippen molar-refractivity contribution < 1.29 is 4.79 Å². The van der Waals surface area contributed by atoms with Crippen LogP contribution in [0.2, 0.25) is 0 Å². The lowest BCUT2D eigenvalue weighted by Crippen LogP contribution is -2.33. The summed E-state index contributed by atoms with van der Waals surface area (Å²) >= 11 is 3.33. The maximum atomic E-state index is 12.1. The molecular weight excluding hydrogens is 270 g/mol. The monoisotopic (exact) mass is 287 g/mol. The molecule has 0 fully saturated rings. The Morgan fingerprint density at radius 3 is 2.75 bits per heavy atom. The number of aromatic nitrogens is 2. The van der Waals surface area contributed by atoms with Crippen molar-refractivity contribution in [3.8, 4) is 0 Å². The molecule has 0 bridgehead atoms. The third kappa shape index (κ3) is 2.92. The summed E-state index contributed by atoms with van der Waals surface area (Å²) in [5.41, 5.74) is 6.47. The van der Waals surface area contributed by atoms with Crippen LogP contribution in [-0.4, -0.2) is 21.6 Å². The number of halogens is 1. The van der Waals surface area contributed by atoms with Crippen LogP contribution >= 0.6 is 15.9 Å². The van der Waals surface area contributed by atoms with E-state index in [0.29, 0.717) is 24.6 Å². The van der Waals surface area contributed by atoms with Crippen molar-refractivity contribution in [2.75, 3.05) is 0 Å². The van der Waals surface area contributed by atoms with Gasteiger partial charge >= 0.3 is 0 Å². The fraction of sp³-hybridized carbons (Fsp3) is 0.636. The molecule has 16 heavy (non-hydrogen) atoms. The third-order valence-electron chi connectivity index (χ3n) is 2.39. The van der Waals surface area contributed by atoms with E-state index in [1.54, 1.807) is 10.9 Å². The van der Waals surface area contributed by atoms with E-state index >= 15 is 0 Å². The highest BCUT2D eigenvalue weighted by atomic mass is 79.9. The number of ketones is 1. The van der Waals surface area contributed by atoms with Gasteiger partial charge in [-0.2, -0.15) is 5.10 Å². The van der Waals surface area contributed by atoms with Crippen LogP contribution in [0.25, 0.3) is 0 Å². The maximum Gasteiger partial charge on any atom is 0.198 e. The van der Waals surface area contributed by atoms with Crippen LogP contribution in [-0.2, 0) is 6.54 Å². The maximum absolute atomic E-state index is 12.1. The molecule has 1 heterocycles. The second-order valence-electron chi connectivity index (χ2n) is 4.26. The molecule has 4 nitrogen and oxygen atoms in total. The van der Waals surface area contributed by atoms with Crippen molar-refractivity contribution in [1.82, 2.24) is 9.78 Å².